The van der Waals surface area contributed by atoms with Crippen LogP contribution >= 0.6 is 0 Å². The highest BCUT2D eigenvalue weighted by Crippen LogP contribution is 2.41. The highest BCUT2D eigenvalue weighted by molar-refractivity contribution is 5.94. The zero-order chi connectivity index (χ0) is 21.8. The van der Waals surface area contributed by atoms with Gasteiger partial charge in [0.2, 0.25) is 0 Å². The molecule has 2 N–H and O–H groups in total. The first-order chi connectivity index (χ1) is 14.8. The molecule has 10 heteroatoms. The molecule has 0 saturated heterocycles. The van der Waals surface area contributed by atoms with Crippen molar-refractivity contribution in [2.24, 2.45) is 0 Å². The molecule has 0 aliphatic heterocycles. The Morgan fingerprint density at radius 1 is 1.16 bits per heavy atom. The van der Waals surface area contributed by atoms with Gasteiger partial charge in [0.25, 0.3) is 0 Å². The maximum atomic E-state index is 13.2. The predicted molar refractivity (Wildman–Crippen MR) is 105 cm³/mol. The highest BCUT2D eigenvalue weighted by atomic mass is 19.4. The molecule has 1 fully saturated rings. The summed E-state index contributed by atoms with van der Waals surface area (Å²) < 4.78 is 46.6. The molecule has 7 nitrogen and oxygen atoms in total. The van der Waals surface area contributed by atoms with Crippen molar-refractivity contribution in [1.82, 2.24) is 19.7 Å². The Hall–Kier alpha value is -3.14. The van der Waals surface area contributed by atoms with Crippen molar-refractivity contribution in [3.63, 3.8) is 0 Å². The molecule has 0 radical (unpaired) electrons. The van der Waals surface area contributed by atoms with Crippen LogP contribution < -0.4 is 0 Å². The van der Waals surface area contributed by atoms with Gasteiger partial charge in [-0.25, -0.2) is 4.98 Å². The summed E-state index contributed by atoms with van der Waals surface area (Å²) in [6, 6.07) is 4.09. The van der Waals surface area contributed by atoms with Crippen LogP contribution in [-0.2, 0) is 6.42 Å². The number of halogens is 3. The Morgan fingerprint density at radius 3 is 2.74 bits per heavy atom. The smallest absolute Gasteiger partial charge is 0.393 e. The van der Waals surface area contributed by atoms with Gasteiger partial charge in [0.1, 0.15) is 16.8 Å². The van der Waals surface area contributed by atoms with Crippen LogP contribution in [0.2, 0.25) is 0 Å². The molecular weight excluding hydrogens is 413 g/mol. The number of phenolic OH excluding ortho intramolecular Hbond substituents is 1. The minimum absolute atomic E-state index is 0.0483. The number of hydrogen-bond acceptors (Lipinski definition) is 6. The van der Waals surface area contributed by atoms with Gasteiger partial charge in [-0.2, -0.15) is 13.2 Å². The van der Waals surface area contributed by atoms with E-state index in [0.29, 0.717) is 23.0 Å². The molecule has 1 aliphatic rings. The number of furan rings is 1. The zero-order valence-corrected chi connectivity index (χ0v) is 16.3. The second kappa shape index (κ2) is 7.23. The number of alkyl halides is 3. The monoisotopic (exact) mass is 432 g/mol. The van der Waals surface area contributed by atoms with E-state index >= 15 is 0 Å². The SMILES string of the molecule is Oc1c(-c2cc3ncn([C@@H]4CCCC[C@H]4O)c3nn2)c(CC(F)(F)F)cc2occc12. The normalized spacial score (nSPS) is 20.0. The Bertz CT molecular complexity index is 1260. The molecule has 31 heavy (non-hydrogen) atoms. The third-order valence-electron chi connectivity index (χ3n) is 5.83. The Balaban J connectivity index is 1.64. The fourth-order valence-corrected chi connectivity index (χ4v) is 4.40. The number of nitrogens with zero attached hydrogens (tertiary/aromatic N) is 4. The lowest BCUT2D eigenvalue weighted by Crippen LogP contribution is -2.27. The zero-order valence-electron chi connectivity index (χ0n) is 16.3. The fraction of sp³-hybridized carbons (Fsp3) is 0.381. The van der Waals surface area contributed by atoms with Crippen LogP contribution in [0.15, 0.2) is 35.2 Å². The minimum atomic E-state index is -4.49. The predicted octanol–water partition coefficient (Wildman–Crippen LogP) is 4.53. The molecular formula is C21H19F3N4O3. The van der Waals surface area contributed by atoms with E-state index in [1.807, 2.05) is 0 Å². The van der Waals surface area contributed by atoms with Crippen LogP contribution in [0.5, 0.6) is 5.75 Å². The van der Waals surface area contributed by atoms with Crippen LogP contribution in [-0.4, -0.2) is 42.2 Å². The summed E-state index contributed by atoms with van der Waals surface area (Å²) >= 11 is 0. The summed E-state index contributed by atoms with van der Waals surface area (Å²) in [5, 5.41) is 29.7. The van der Waals surface area contributed by atoms with Crippen LogP contribution in [0.3, 0.4) is 0 Å². The van der Waals surface area contributed by atoms with Gasteiger partial charge < -0.3 is 19.2 Å². The standard InChI is InChI=1S/C21H19F3N4O3/c22-21(23,24)9-11-7-17-12(5-6-31-17)19(30)18(11)13-8-14-20(27-26-13)28(10-25-14)15-3-1-2-4-16(15)29/h5-8,10,15-16,29-30H,1-4,9H2/t15-,16-/m1/s1. The summed E-state index contributed by atoms with van der Waals surface area (Å²) in [6.45, 7) is 0. The number of rotatable bonds is 3. The van der Waals surface area contributed by atoms with Crippen molar-refractivity contribution in [3.05, 3.63) is 36.4 Å². The van der Waals surface area contributed by atoms with E-state index in [1.54, 1.807) is 10.9 Å². The summed E-state index contributed by atoms with van der Waals surface area (Å²) in [6.07, 6.45) is 0.0180. The molecule has 3 heterocycles. The number of phenols is 1. The molecule has 1 aliphatic carbocycles. The van der Waals surface area contributed by atoms with Gasteiger partial charge in [0.15, 0.2) is 5.65 Å². The Kier molecular flexibility index (Phi) is 4.62. The molecule has 0 amide bonds. The average Bonchev–Trinajstić information content (AvgIpc) is 3.34. The van der Waals surface area contributed by atoms with Gasteiger partial charge in [-0.3, -0.25) is 0 Å². The van der Waals surface area contributed by atoms with Gasteiger partial charge in [-0.15, -0.1) is 10.2 Å². The van der Waals surface area contributed by atoms with E-state index in [0.717, 1.165) is 19.3 Å². The van der Waals surface area contributed by atoms with Crippen LogP contribution in [0.25, 0.3) is 33.4 Å². The Morgan fingerprint density at radius 2 is 1.97 bits per heavy atom. The molecule has 0 unspecified atom stereocenters. The van der Waals surface area contributed by atoms with Gasteiger partial charge in [0.05, 0.1) is 42.2 Å². The first-order valence-corrected chi connectivity index (χ1v) is 9.99. The van der Waals surface area contributed by atoms with Crippen molar-refractivity contribution >= 4 is 22.1 Å². The van der Waals surface area contributed by atoms with Crippen LogP contribution in [0.4, 0.5) is 13.2 Å². The number of benzene rings is 1. The second-order valence-electron chi connectivity index (χ2n) is 7.89. The summed E-state index contributed by atoms with van der Waals surface area (Å²) in [7, 11) is 0. The number of imidazole rings is 1. The van der Waals surface area contributed by atoms with E-state index in [9.17, 15) is 23.4 Å². The van der Waals surface area contributed by atoms with Crippen molar-refractivity contribution in [2.75, 3.05) is 0 Å². The topological polar surface area (TPSA) is 97.2 Å². The van der Waals surface area contributed by atoms with E-state index in [-0.39, 0.29) is 34.2 Å². The van der Waals surface area contributed by atoms with Gasteiger partial charge in [0, 0.05) is 5.56 Å². The Labute approximate surface area is 174 Å². The first kappa shape index (κ1) is 19.8. The van der Waals surface area contributed by atoms with E-state index in [2.05, 4.69) is 15.2 Å². The molecule has 2 atom stereocenters. The highest BCUT2D eigenvalue weighted by Gasteiger charge is 2.32. The molecule has 4 aromatic rings. The lowest BCUT2D eigenvalue weighted by atomic mass is 9.92. The lowest BCUT2D eigenvalue weighted by molar-refractivity contribution is -0.127. The lowest BCUT2D eigenvalue weighted by Gasteiger charge is -2.28. The summed E-state index contributed by atoms with van der Waals surface area (Å²) in [5.74, 6) is -0.346. The largest absolute Gasteiger partial charge is 0.506 e. The van der Waals surface area contributed by atoms with Gasteiger partial charge >= 0.3 is 6.18 Å². The third kappa shape index (κ3) is 3.50. The van der Waals surface area contributed by atoms with Crippen LogP contribution in [0, 0.1) is 0 Å². The molecule has 1 aromatic carbocycles. The van der Waals surface area contributed by atoms with E-state index in [4.69, 9.17) is 4.42 Å². The molecule has 0 bridgehead atoms. The fourth-order valence-electron chi connectivity index (χ4n) is 4.40. The number of aliphatic hydroxyl groups excluding tert-OH is 1. The number of aromatic nitrogens is 4. The van der Waals surface area contributed by atoms with Gasteiger partial charge in [-0.05, 0) is 36.6 Å². The minimum Gasteiger partial charge on any atom is -0.506 e. The maximum absolute atomic E-state index is 13.2. The first-order valence-electron chi connectivity index (χ1n) is 9.99. The number of fused-ring (bicyclic) bond motifs is 2. The number of aromatic hydroxyl groups is 1. The van der Waals surface area contributed by atoms with Crippen LogP contribution in [0.1, 0.15) is 37.3 Å². The van der Waals surface area contributed by atoms with Crippen molar-refractivity contribution < 1.29 is 27.8 Å². The number of aliphatic hydroxyl groups is 1. The third-order valence-corrected chi connectivity index (χ3v) is 5.83. The van der Waals surface area contributed by atoms with E-state index in [1.165, 1.54) is 24.5 Å². The van der Waals surface area contributed by atoms with Crippen molar-refractivity contribution in [2.45, 2.75) is 50.4 Å². The molecule has 162 valence electrons. The van der Waals surface area contributed by atoms with E-state index < -0.39 is 18.7 Å². The maximum Gasteiger partial charge on any atom is 0.393 e. The molecule has 3 aromatic heterocycles. The van der Waals surface area contributed by atoms with Crippen molar-refractivity contribution in [3.8, 4) is 17.0 Å². The summed E-state index contributed by atoms with van der Waals surface area (Å²) in [5.41, 5.74) is 0.895. The second-order valence-corrected chi connectivity index (χ2v) is 7.89. The van der Waals surface area contributed by atoms with Crippen molar-refractivity contribution in [1.29, 1.82) is 0 Å². The quantitative estimate of drug-likeness (QED) is 0.494. The summed E-state index contributed by atoms with van der Waals surface area (Å²) in [4.78, 5) is 4.33. The molecule has 1 saturated carbocycles. The molecule has 0 spiro atoms. The number of hydrogen-bond donors (Lipinski definition) is 2. The molecule has 5 rings (SSSR count). The van der Waals surface area contributed by atoms with Gasteiger partial charge in [-0.1, -0.05) is 12.8 Å². The average molecular weight is 432 g/mol.